The van der Waals surface area contributed by atoms with Gasteiger partial charge in [-0.1, -0.05) is 20.3 Å². The van der Waals surface area contributed by atoms with Crippen molar-refractivity contribution in [3.05, 3.63) is 23.8 Å². The molecule has 0 saturated heterocycles. The van der Waals surface area contributed by atoms with E-state index in [9.17, 15) is 4.79 Å². The van der Waals surface area contributed by atoms with Crippen LogP contribution in [0.1, 0.15) is 32.8 Å². The summed E-state index contributed by atoms with van der Waals surface area (Å²) in [6.45, 7) is 8.52. The number of carbonyl (C=O) groups excluding carboxylic acids is 1. The monoisotopic (exact) mass is 300 g/mol. The van der Waals surface area contributed by atoms with E-state index in [-0.39, 0.29) is 24.2 Å². The maximum Gasteiger partial charge on any atom is 0.241 e. The lowest BCUT2D eigenvalue weighted by molar-refractivity contribution is -0.118. The highest BCUT2D eigenvalue weighted by atomic mass is 35.5. The standard InChI is InChI=1S/C15H24N2O2.ClH/c1-5-10(3)14(16)15(18)17-13-8-7-12(19-6-2)9-11(13)4;/h7-10,14H,5-6,16H2,1-4H3,(H,17,18);1H. The first kappa shape index (κ1) is 18.7. The number of amides is 1. The Hall–Kier alpha value is -1.26. The lowest BCUT2D eigenvalue weighted by Crippen LogP contribution is -2.40. The third kappa shape index (κ3) is 5.02. The van der Waals surface area contributed by atoms with E-state index in [0.717, 1.165) is 23.4 Å². The number of hydrogen-bond donors (Lipinski definition) is 2. The third-order valence-corrected chi connectivity index (χ3v) is 3.33. The van der Waals surface area contributed by atoms with E-state index in [4.69, 9.17) is 10.5 Å². The molecule has 20 heavy (non-hydrogen) atoms. The smallest absolute Gasteiger partial charge is 0.241 e. The molecular formula is C15H25ClN2O2. The van der Waals surface area contributed by atoms with Gasteiger partial charge in [0.1, 0.15) is 5.75 Å². The molecule has 1 amide bonds. The van der Waals surface area contributed by atoms with E-state index in [1.54, 1.807) is 0 Å². The second kappa shape index (κ2) is 8.82. The van der Waals surface area contributed by atoms with Gasteiger partial charge in [0.15, 0.2) is 0 Å². The number of hydrogen-bond acceptors (Lipinski definition) is 3. The van der Waals surface area contributed by atoms with Crippen molar-refractivity contribution in [3.63, 3.8) is 0 Å². The number of rotatable bonds is 6. The van der Waals surface area contributed by atoms with Crippen molar-refractivity contribution >= 4 is 24.0 Å². The molecule has 2 unspecified atom stereocenters. The molecule has 0 saturated carbocycles. The average Bonchev–Trinajstić information content (AvgIpc) is 2.40. The molecule has 5 heteroatoms. The molecule has 0 aliphatic rings. The number of ether oxygens (including phenoxy) is 1. The Morgan fingerprint density at radius 3 is 2.55 bits per heavy atom. The minimum Gasteiger partial charge on any atom is -0.494 e. The van der Waals surface area contributed by atoms with Crippen LogP contribution in [0.25, 0.3) is 0 Å². The predicted molar refractivity (Wildman–Crippen MR) is 85.7 cm³/mol. The predicted octanol–water partition coefficient (Wildman–Crippen LogP) is 3.13. The maximum atomic E-state index is 12.0. The maximum absolute atomic E-state index is 12.0. The van der Waals surface area contributed by atoms with Crippen molar-refractivity contribution in [2.75, 3.05) is 11.9 Å². The molecule has 0 bridgehead atoms. The first-order chi connectivity index (χ1) is 8.99. The summed E-state index contributed by atoms with van der Waals surface area (Å²) in [7, 11) is 0. The minimum atomic E-state index is -0.476. The summed E-state index contributed by atoms with van der Waals surface area (Å²) < 4.78 is 5.41. The van der Waals surface area contributed by atoms with E-state index < -0.39 is 6.04 Å². The molecule has 0 heterocycles. The van der Waals surface area contributed by atoms with Crippen molar-refractivity contribution in [1.82, 2.24) is 0 Å². The molecule has 1 rings (SSSR count). The fourth-order valence-corrected chi connectivity index (χ4v) is 1.76. The van der Waals surface area contributed by atoms with Gasteiger partial charge in [0, 0.05) is 5.69 Å². The third-order valence-electron chi connectivity index (χ3n) is 3.33. The largest absolute Gasteiger partial charge is 0.494 e. The molecule has 2 atom stereocenters. The Balaban J connectivity index is 0.00000361. The van der Waals surface area contributed by atoms with E-state index in [1.807, 2.05) is 45.9 Å². The number of nitrogens with two attached hydrogens (primary N) is 1. The van der Waals surface area contributed by atoms with Gasteiger partial charge in [-0.15, -0.1) is 12.4 Å². The molecule has 0 fully saturated rings. The van der Waals surface area contributed by atoms with Crippen LogP contribution in [-0.4, -0.2) is 18.6 Å². The second-order valence-electron chi connectivity index (χ2n) is 4.81. The van der Waals surface area contributed by atoms with E-state index in [2.05, 4.69) is 5.32 Å². The summed E-state index contributed by atoms with van der Waals surface area (Å²) >= 11 is 0. The lowest BCUT2D eigenvalue weighted by Gasteiger charge is -2.18. The summed E-state index contributed by atoms with van der Waals surface area (Å²) in [5.74, 6) is 0.842. The topological polar surface area (TPSA) is 64.3 Å². The molecule has 0 aromatic heterocycles. The highest BCUT2D eigenvalue weighted by Gasteiger charge is 2.19. The Labute approximate surface area is 127 Å². The summed E-state index contributed by atoms with van der Waals surface area (Å²) in [4.78, 5) is 12.0. The Morgan fingerprint density at radius 1 is 1.40 bits per heavy atom. The van der Waals surface area contributed by atoms with Crippen molar-refractivity contribution in [1.29, 1.82) is 0 Å². The van der Waals surface area contributed by atoms with Crippen LogP contribution in [0.5, 0.6) is 5.75 Å². The summed E-state index contributed by atoms with van der Waals surface area (Å²) in [5.41, 5.74) is 7.66. The van der Waals surface area contributed by atoms with Crippen LogP contribution in [0.2, 0.25) is 0 Å². The molecular weight excluding hydrogens is 276 g/mol. The summed E-state index contributed by atoms with van der Waals surface area (Å²) in [6.07, 6.45) is 0.886. The fraction of sp³-hybridized carbons (Fsp3) is 0.533. The van der Waals surface area contributed by atoms with Gasteiger partial charge in [-0.25, -0.2) is 0 Å². The normalized spacial score (nSPS) is 13.1. The SMILES string of the molecule is CCOc1ccc(NC(=O)C(N)C(C)CC)c(C)c1.Cl. The van der Waals surface area contributed by atoms with Crippen molar-refractivity contribution in [3.8, 4) is 5.75 Å². The molecule has 0 radical (unpaired) electrons. The van der Waals surface area contributed by atoms with Crippen LogP contribution in [0.4, 0.5) is 5.69 Å². The highest BCUT2D eigenvalue weighted by Crippen LogP contribution is 2.22. The Bertz CT molecular complexity index is 438. The van der Waals surface area contributed by atoms with Crippen LogP contribution in [0.3, 0.4) is 0 Å². The quantitative estimate of drug-likeness (QED) is 0.848. The number of aryl methyl sites for hydroxylation is 1. The number of benzene rings is 1. The van der Waals surface area contributed by atoms with Gasteiger partial charge in [0.2, 0.25) is 5.91 Å². The van der Waals surface area contributed by atoms with Gasteiger partial charge in [-0.2, -0.15) is 0 Å². The van der Waals surface area contributed by atoms with E-state index in [1.165, 1.54) is 0 Å². The molecule has 4 nitrogen and oxygen atoms in total. The molecule has 0 spiro atoms. The second-order valence-corrected chi connectivity index (χ2v) is 4.81. The first-order valence-electron chi connectivity index (χ1n) is 6.79. The molecule has 1 aromatic carbocycles. The molecule has 1 aromatic rings. The van der Waals surface area contributed by atoms with Gasteiger partial charge < -0.3 is 15.8 Å². The molecule has 3 N–H and O–H groups in total. The number of halogens is 1. The van der Waals surface area contributed by atoms with Gasteiger partial charge in [0.05, 0.1) is 12.6 Å². The zero-order valence-corrected chi connectivity index (χ0v) is 13.4. The zero-order valence-electron chi connectivity index (χ0n) is 12.6. The van der Waals surface area contributed by atoms with Gasteiger partial charge >= 0.3 is 0 Å². The zero-order chi connectivity index (χ0) is 14.4. The van der Waals surface area contributed by atoms with E-state index >= 15 is 0 Å². The van der Waals surface area contributed by atoms with Crippen LogP contribution < -0.4 is 15.8 Å². The average molecular weight is 301 g/mol. The van der Waals surface area contributed by atoms with Gasteiger partial charge in [-0.05, 0) is 43.5 Å². The number of nitrogens with one attached hydrogen (secondary N) is 1. The van der Waals surface area contributed by atoms with Gasteiger partial charge in [-0.3, -0.25) is 4.79 Å². The number of anilines is 1. The number of carbonyl (C=O) groups is 1. The first-order valence-corrected chi connectivity index (χ1v) is 6.79. The van der Waals surface area contributed by atoms with E-state index in [0.29, 0.717) is 6.61 Å². The molecule has 114 valence electrons. The summed E-state index contributed by atoms with van der Waals surface area (Å²) in [5, 5.41) is 2.88. The molecule has 0 aliphatic carbocycles. The van der Waals surface area contributed by atoms with Crippen LogP contribution in [0.15, 0.2) is 18.2 Å². The van der Waals surface area contributed by atoms with Crippen molar-refractivity contribution in [2.24, 2.45) is 11.7 Å². The lowest BCUT2D eigenvalue weighted by atomic mass is 9.99. The van der Waals surface area contributed by atoms with Crippen molar-refractivity contribution in [2.45, 2.75) is 40.2 Å². The molecule has 0 aliphatic heterocycles. The Morgan fingerprint density at radius 2 is 2.05 bits per heavy atom. The van der Waals surface area contributed by atoms with Crippen LogP contribution >= 0.6 is 12.4 Å². The highest BCUT2D eigenvalue weighted by molar-refractivity contribution is 5.95. The minimum absolute atomic E-state index is 0. The van der Waals surface area contributed by atoms with Gasteiger partial charge in [0.25, 0.3) is 0 Å². The fourth-order valence-electron chi connectivity index (χ4n) is 1.76. The van der Waals surface area contributed by atoms with Crippen molar-refractivity contribution < 1.29 is 9.53 Å². The van der Waals surface area contributed by atoms with Crippen LogP contribution in [-0.2, 0) is 4.79 Å². The van der Waals surface area contributed by atoms with Crippen LogP contribution in [0, 0.1) is 12.8 Å². The summed E-state index contributed by atoms with van der Waals surface area (Å²) in [6, 6.07) is 5.13. The Kier molecular flexibility index (Phi) is 8.26.